The van der Waals surface area contributed by atoms with Gasteiger partial charge in [-0.3, -0.25) is 0 Å². The van der Waals surface area contributed by atoms with E-state index in [2.05, 4.69) is 11.2 Å². The molecule has 88 valence electrons. The Bertz CT molecular complexity index is 553. The van der Waals surface area contributed by atoms with Crippen LogP contribution in [0.2, 0.25) is 0 Å². The molecule has 0 unspecified atom stereocenters. The van der Waals surface area contributed by atoms with Crippen LogP contribution in [0.15, 0.2) is 59.8 Å². The maximum atomic E-state index is 8.66. The molecule has 18 heavy (non-hydrogen) atoms. The van der Waals surface area contributed by atoms with Crippen LogP contribution >= 0.6 is 0 Å². The van der Waals surface area contributed by atoms with E-state index in [9.17, 15) is 0 Å². The number of hydrogen-bond donors (Lipinski definition) is 0. The lowest BCUT2D eigenvalue weighted by Gasteiger charge is -1.98. The first-order valence-corrected chi connectivity index (χ1v) is 5.58. The van der Waals surface area contributed by atoms with E-state index in [1.807, 2.05) is 42.5 Å². The summed E-state index contributed by atoms with van der Waals surface area (Å²) in [5, 5.41) is 12.5. The van der Waals surface area contributed by atoms with Crippen molar-refractivity contribution in [3.63, 3.8) is 0 Å². The maximum Gasteiger partial charge on any atom is 0.142 e. The van der Waals surface area contributed by atoms with Crippen LogP contribution in [0, 0.1) is 11.3 Å². The van der Waals surface area contributed by atoms with Gasteiger partial charge in [0.25, 0.3) is 0 Å². The van der Waals surface area contributed by atoms with Crippen molar-refractivity contribution in [2.45, 2.75) is 6.61 Å². The maximum absolute atomic E-state index is 8.66. The summed E-state index contributed by atoms with van der Waals surface area (Å²) < 4.78 is 0. The number of oxime groups is 1. The van der Waals surface area contributed by atoms with Crippen LogP contribution in [0.3, 0.4) is 0 Å². The molecule has 0 aromatic heterocycles. The molecule has 0 aliphatic heterocycles. The van der Waals surface area contributed by atoms with Crippen molar-refractivity contribution in [3.05, 3.63) is 71.3 Å². The molecule has 0 aliphatic carbocycles. The van der Waals surface area contributed by atoms with E-state index < -0.39 is 0 Å². The van der Waals surface area contributed by atoms with Gasteiger partial charge in [-0.05, 0) is 23.3 Å². The van der Waals surface area contributed by atoms with Gasteiger partial charge in [0.15, 0.2) is 0 Å². The number of nitriles is 1. The molecule has 0 fully saturated rings. The van der Waals surface area contributed by atoms with Crippen LogP contribution in [0.5, 0.6) is 0 Å². The molecule has 3 nitrogen and oxygen atoms in total. The molecule has 0 spiro atoms. The molecule has 0 atom stereocenters. The third-order valence-corrected chi connectivity index (χ3v) is 2.39. The third kappa shape index (κ3) is 3.46. The Morgan fingerprint density at radius 1 is 1.06 bits per heavy atom. The predicted octanol–water partition coefficient (Wildman–Crippen LogP) is 3.11. The first-order chi connectivity index (χ1) is 8.88. The summed E-state index contributed by atoms with van der Waals surface area (Å²) in [4.78, 5) is 5.18. The highest BCUT2D eigenvalue weighted by Gasteiger charge is 1.91. The van der Waals surface area contributed by atoms with E-state index in [0.717, 1.165) is 11.1 Å². The van der Waals surface area contributed by atoms with Crippen LogP contribution in [-0.4, -0.2) is 6.21 Å². The smallest absolute Gasteiger partial charge is 0.142 e. The Morgan fingerprint density at radius 2 is 1.78 bits per heavy atom. The lowest BCUT2D eigenvalue weighted by molar-refractivity contribution is 0.132. The molecule has 0 saturated heterocycles. The summed E-state index contributed by atoms with van der Waals surface area (Å²) >= 11 is 0. The number of benzene rings is 2. The van der Waals surface area contributed by atoms with Crippen molar-refractivity contribution in [1.82, 2.24) is 0 Å². The molecule has 2 rings (SSSR count). The predicted molar refractivity (Wildman–Crippen MR) is 70.0 cm³/mol. The van der Waals surface area contributed by atoms with Gasteiger partial charge >= 0.3 is 0 Å². The zero-order valence-corrected chi connectivity index (χ0v) is 9.78. The lowest BCUT2D eigenvalue weighted by Crippen LogP contribution is -1.87. The van der Waals surface area contributed by atoms with Crippen LogP contribution < -0.4 is 0 Å². The SMILES string of the molecule is N#Cc1ccc(/C=N/OCc2ccccc2)cc1. The van der Waals surface area contributed by atoms with Gasteiger partial charge in [0.2, 0.25) is 0 Å². The van der Waals surface area contributed by atoms with Crippen LogP contribution in [0.25, 0.3) is 0 Å². The highest BCUT2D eigenvalue weighted by atomic mass is 16.6. The quantitative estimate of drug-likeness (QED) is 0.604. The Hall–Kier alpha value is -2.60. The summed E-state index contributed by atoms with van der Waals surface area (Å²) in [6.07, 6.45) is 1.63. The van der Waals surface area contributed by atoms with Gasteiger partial charge in [-0.25, -0.2) is 0 Å². The van der Waals surface area contributed by atoms with Crippen molar-refractivity contribution < 1.29 is 4.84 Å². The fourth-order valence-electron chi connectivity index (χ4n) is 1.43. The largest absolute Gasteiger partial charge is 0.391 e. The summed E-state index contributed by atoms with van der Waals surface area (Å²) in [6.45, 7) is 0.452. The van der Waals surface area contributed by atoms with Crippen LogP contribution in [0.4, 0.5) is 0 Å². The van der Waals surface area contributed by atoms with E-state index in [0.29, 0.717) is 12.2 Å². The first-order valence-electron chi connectivity index (χ1n) is 5.58. The molecular weight excluding hydrogens is 224 g/mol. The Balaban J connectivity index is 1.86. The Labute approximate surface area is 106 Å². The van der Waals surface area contributed by atoms with Gasteiger partial charge in [-0.15, -0.1) is 0 Å². The Kier molecular flexibility index (Phi) is 4.10. The highest BCUT2D eigenvalue weighted by Crippen LogP contribution is 2.02. The van der Waals surface area contributed by atoms with Gasteiger partial charge in [0, 0.05) is 0 Å². The minimum Gasteiger partial charge on any atom is -0.391 e. The number of hydrogen-bond acceptors (Lipinski definition) is 3. The minimum absolute atomic E-state index is 0.452. The lowest BCUT2D eigenvalue weighted by atomic mass is 10.2. The van der Waals surface area contributed by atoms with E-state index in [1.165, 1.54) is 0 Å². The van der Waals surface area contributed by atoms with Gasteiger partial charge in [-0.1, -0.05) is 47.6 Å². The van der Waals surface area contributed by atoms with Crippen molar-refractivity contribution in [3.8, 4) is 6.07 Å². The molecule has 2 aromatic rings. The highest BCUT2D eigenvalue weighted by molar-refractivity contribution is 5.79. The third-order valence-electron chi connectivity index (χ3n) is 2.39. The van der Waals surface area contributed by atoms with Gasteiger partial charge < -0.3 is 4.84 Å². The van der Waals surface area contributed by atoms with Crippen LogP contribution in [0.1, 0.15) is 16.7 Å². The molecule has 0 saturated carbocycles. The Morgan fingerprint density at radius 3 is 2.44 bits per heavy atom. The standard InChI is InChI=1S/C15H12N2O/c16-10-13-6-8-14(9-7-13)11-17-18-12-15-4-2-1-3-5-15/h1-9,11H,12H2/b17-11+. The average molecular weight is 236 g/mol. The summed E-state index contributed by atoms with van der Waals surface area (Å²) in [7, 11) is 0. The second-order valence-electron chi connectivity index (χ2n) is 3.73. The molecule has 0 radical (unpaired) electrons. The molecule has 0 aliphatic rings. The second-order valence-corrected chi connectivity index (χ2v) is 3.73. The van der Waals surface area contributed by atoms with E-state index in [-0.39, 0.29) is 0 Å². The second kappa shape index (κ2) is 6.21. The summed E-state index contributed by atoms with van der Waals surface area (Å²) in [6, 6.07) is 19.1. The fourth-order valence-corrected chi connectivity index (χ4v) is 1.43. The normalized spacial score (nSPS) is 10.2. The number of nitrogens with zero attached hydrogens (tertiary/aromatic N) is 2. The van der Waals surface area contributed by atoms with Crippen molar-refractivity contribution in [2.24, 2.45) is 5.16 Å². The topological polar surface area (TPSA) is 45.4 Å². The molecule has 0 N–H and O–H groups in total. The zero-order valence-electron chi connectivity index (χ0n) is 9.78. The van der Waals surface area contributed by atoms with E-state index in [1.54, 1.807) is 18.3 Å². The molecule has 3 heteroatoms. The molecule has 2 aromatic carbocycles. The van der Waals surface area contributed by atoms with Crippen molar-refractivity contribution in [2.75, 3.05) is 0 Å². The summed E-state index contributed by atoms with van der Waals surface area (Å²) in [5.41, 5.74) is 2.62. The first kappa shape index (κ1) is 11.9. The molecular formula is C15H12N2O. The minimum atomic E-state index is 0.452. The fraction of sp³-hybridized carbons (Fsp3) is 0.0667. The molecule has 0 bridgehead atoms. The number of rotatable bonds is 4. The molecule has 0 heterocycles. The van der Waals surface area contributed by atoms with Gasteiger partial charge in [0.05, 0.1) is 17.8 Å². The van der Waals surface area contributed by atoms with Gasteiger partial charge in [0.1, 0.15) is 6.61 Å². The monoisotopic (exact) mass is 236 g/mol. The molecule has 0 amide bonds. The summed E-state index contributed by atoms with van der Waals surface area (Å²) in [5.74, 6) is 0. The van der Waals surface area contributed by atoms with Crippen molar-refractivity contribution >= 4 is 6.21 Å². The van der Waals surface area contributed by atoms with E-state index in [4.69, 9.17) is 10.1 Å². The van der Waals surface area contributed by atoms with Gasteiger partial charge in [-0.2, -0.15) is 5.26 Å². The van der Waals surface area contributed by atoms with E-state index >= 15 is 0 Å². The van der Waals surface area contributed by atoms with Crippen LogP contribution in [-0.2, 0) is 11.4 Å². The zero-order chi connectivity index (χ0) is 12.6. The van der Waals surface area contributed by atoms with Crippen molar-refractivity contribution in [1.29, 1.82) is 5.26 Å². The average Bonchev–Trinajstić information content (AvgIpc) is 2.45.